The van der Waals surface area contributed by atoms with Gasteiger partial charge in [-0.1, -0.05) is 48.5 Å². The maximum Gasteiger partial charge on any atom is 0.407 e. The van der Waals surface area contributed by atoms with E-state index in [1.807, 2.05) is 17.4 Å². The minimum absolute atomic E-state index is 0.00965. The Bertz CT molecular complexity index is 2840. The Labute approximate surface area is 429 Å². The second-order valence-electron chi connectivity index (χ2n) is 20.8. The number of hydrogen-bond acceptors (Lipinski definition) is 10. The molecule has 1 saturated heterocycles. The second kappa shape index (κ2) is 20.6. The summed E-state index contributed by atoms with van der Waals surface area (Å²) in [6.45, 7) is 0. The van der Waals surface area contributed by atoms with E-state index in [2.05, 4.69) is 93.4 Å². The zero-order chi connectivity index (χ0) is 49.6. The van der Waals surface area contributed by atoms with Gasteiger partial charge in [-0.25, -0.2) is 19.6 Å². The number of aryl methyl sites for hydroxylation is 4. The molecule has 9 atom stereocenters. The number of H-pyrrole nitrogens is 2. The Kier molecular flexibility index (Phi) is 13.9. The number of Topliss-reactive ketones (excluding diaryl/α,β-unsaturated/α-hetero) is 1. The topological polar surface area (TPSA) is 171 Å². The first-order valence-corrected chi connectivity index (χ1v) is 28.7. The van der Waals surface area contributed by atoms with Gasteiger partial charge in [0.25, 0.3) is 0 Å². The number of carbonyl (C=O) groups is 4. The van der Waals surface area contributed by atoms with E-state index in [-0.39, 0.29) is 35.6 Å². The van der Waals surface area contributed by atoms with E-state index in [0.29, 0.717) is 30.6 Å². The number of aromatic amines is 2. The number of nitrogens with zero attached hydrogens (tertiary/aromatic N) is 3. The lowest BCUT2D eigenvalue weighted by molar-refractivity contribution is -0.138. The molecular weight excluding hydrogens is 943 g/mol. The number of ketones is 1. The summed E-state index contributed by atoms with van der Waals surface area (Å²) in [5, 5.41) is 5.69. The molecule has 15 heteroatoms. The molecule has 8 aliphatic rings. The summed E-state index contributed by atoms with van der Waals surface area (Å²) in [6.07, 6.45) is 13.6. The summed E-state index contributed by atoms with van der Waals surface area (Å²) in [5.41, 5.74) is 13.6. The summed E-state index contributed by atoms with van der Waals surface area (Å²) in [5.74, 6) is 4.05. The first kappa shape index (κ1) is 48.5. The largest absolute Gasteiger partial charge is 0.453 e. The molecule has 72 heavy (non-hydrogen) atoms. The molecule has 3 heterocycles. The van der Waals surface area contributed by atoms with Crippen molar-refractivity contribution in [2.45, 2.75) is 107 Å². The number of aromatic nitrogens is 4. The number of benzene rings is 4. The predicted octanol–water partition coefficient (Wildman–Crippen LogP) is 10.4. The van der Waals surface area contributed by atoms with Crippen LogP contribution in [0.15, 0.2) is 72.8 Å². The molecule has 14 rings (SSSR count). The zero-order valence-corrected chi connectivity index (χ0v) is 43.3. The van der Waals surface area contributed by atoms with Crippen molar-refractivity contribution in [2.24, 2.45) is 23.7 Å². The van der Waals surface area contributed by atoms with Gasteiger partial charge in [0, 0.05) is 17.9 Å². The molecule has 4 N–H and O–H groups in total. The fourth-order valence-corrected chi connectivity index (χ4v) is 14.3. The number of thioether (sulfide) groups is 2. The molecular formula is C57H65N7O6S2. The van der Waals surface area contributed by atoms with Crippen LogP contribution >= 0.6 is 23.5 Å². The van der Waals surface area contributed by atoms with Crippen LogP contribution in [0.3, 0.4) is 0 Å². The molecule has 5 unspecified atom stereocenters. The Balaban J connectivity index is 0.835. The molecule has 8 bridgehead atoms. The molecule has 0 radical (unpaired) electrons. The molecule has 13 nitrogen and oxygen atoms in total. The summed E-state index contributed by atoms with van der Waals surface area (Å²) in [6, 6.07) is 25.8. The van der Waals surface area contributed by atoms with Crippen LogP contribution in [-0.4, -0.2) is 105 Å². The standard InChI is InChI=1S/C57H65N7O6S2/c1-69-56(67)62-45(21-23-71-3)52(65)49-37-13-14-38(27-37)50(49)53-58-43-19-16-35(29-47(43)60-53)41-25-31-5-9-33(41)10-6-32-8-12-34(11-7-31)42(26-32)36-17-20-44-48(30-36)61-54(59-44)51-39-15-18-40(28-39)64(51)55(66)46(22-24-72-4)63-57(68)70-2/h5,8-9,12,16-17,19-20,25-26,29-30,37-40,45-46,49-51H,6-7,10-11,13-15,18,21-24,27-28H2,1-4H3,(H,58,60)(H,59,61)(H,62,67)(H,63,68)/t37?,38?,39?,40?,45-,46-,49?,50+,51-/m0/s1. The van der Waals surface area contributed by atoms with Crippen LogP contribution in [0.1, 0.15) is 97.2 Å². The number of amides is 3. The van der Waals surface area contributed by atoms with Gasteiger partial charge in [0.2, 0.25) is 5.91 Å². The van der Waals surface area contributed by atoms with Crippen molar-refractivity contribution >= 4 is 69.5 Å². The van der Waals surface area contributed by atoms with Crippen LogP contribution in [0.4, 0.5) is 9.59 Å². The Hall–Kier alpha value is -5.80. The maximum atomic E-state index is 14.3. The van der Waals surface area contributed by atoms with Crippen LogP contribution in [0.25, 0.3) is 44.3 Å². The molecule has 3 saturated carbocycles. The average molecular weight is 1010 g/mol. The third-order valence-electron chi connectivity index (χ3n) is 16.8. The van der Waals surface area contributed by atoms with E-state index in [1.165, 1.54) is 47.6 Å². The van der Waals surface area contributed by atoms with Crippen molar-refractivity contribution in [1.82, 2.24) is 35.5 Å². The fraction of sp³-hybridized carbons (Fsp3) is 0.474. The van der Waals surface area contributed by atoms with E-state index in [1.54, 1.807) is 23.5 Å². The molecule has 7 aliphatic carbocycles. The van der Waals surface area contributed by atoms with Gasteiger partial charge in [0.15, 0.2) is 5.78 Å². The number of nitrogens with one attached hydrogen (secondary N) is 4. The SMILES string of the molecule is COC(=O)N[C@@H](CCSC)C(=O)C1C2CCC(C2)[C@H]1c1nc2ccc(-c3cc4ccc3CCc3ccc(c(-c5ccc6nc([C@@H]7C8CCC(C8)N7C(=O)[C@H](CCSC)NC(=O)OC)[nH]c6c5)c3)CC4)cc2[nH]1. The number of likely N-dealkylation sites (tertiary alicyclic amines) is 1. The molecule has 6 aromatic rings. The van der Waals surface area contributed by atoms with Crippen LogP contribution in [0, 0.1) is 23.7 Å². The fourth-order valence-electron chi connectivity index (χ4n) is 13.4. The average Bonchev–Trinajstić information content (AvgIpc) is 4.28. The van der Waals surface area contributed by atoms with Gasteiger partial charge in [-0.15, -0.1) is 0 Å². The number of imidazole rings is 2. The smallest absolute Gasteiger partial charge is 0.407 e. The van der Waals surface area contributed by atoms with E-state index in [4.69, 9.17) is 19.4 Å². The van der Waals surface area contributed by atoms with Gasteiger partial charge in [-0.2, -0.15) is 23.5 Å². The van der Waals surface area contributed by atoms with E-state index < -0.39 is 24.3 Å². The number of methoxy groups -OCH3 is 2. The van der Waals surface area contributed by atoms with Crippen molar-refractivity contribution < 1.29 is 28.7 Å². The van der Waals surface area contributed by atoms with E-state index >= 15 is 0 Å². The normalized spacial score (nSPS) is 23.8. The first-order valence-electron chi connectivity index (χ1n) is 25.9. The Morgan fingerprint density at radius 1 is 0.653 bits per heavy atom. The number of ether oxygens (including phenoxy) is 2. The number of hydrogen-bond donors (Lipinski definition) is 4. The maximum absolute atomic E-state index is 14.3. The molecule has 4 aromatic carbocycles. The number of piperidine rings is 1. The highest BCUT2D eigenvalue weighted by Gasteiger charge is 2.54. The van der Waals surface area contributed by atoms with Crippen molar-refractivity contribution in [3.63, 3.8) is 0 Å². The van der Waals surface area contributed by atoms with Crippen LogP contribution < -0.4 is 10.6 Å². The third kappa shape index (κ3) is 9.28. The van der Waals surface area contributed by atoms with Gasteiger partial charge in [0.05, 0.1) is 48.4 Å². The van der Waals surface area contributed by atoms with Crippen molar-refractivity contribution in [3.05, 3.63) is 107 Å². The Morgan fingerprint density at radius 2 is 1.21 bits per heavy atom. The van der Waals surface area contributed by atoms with Crippen LogP contribution in [-0.2, 0) is 44.7 Å². The lowest BCUT2D eigenvalue weighted by atomic mass is 9.74. The second-order valence-corrected chi connectivity index (χ2v) is 22.8. The monoisotopic (exact) mass is 1010 g/mol. The van der Waals surface area contributed by atoms with Gasteiger partial charge in [0.1, 0.15) is 17.7 Å². The molecule has 0 spiro atoms. The number of alkyl carbamates (subject to hydrolysis) is 2. The lowest BCUT2D eigenvalue weighted by Crippen LogP contribution is -2.52. The van der Waals surface area contributed by atoms with Crippen molar-refractivity contribution in [1.29, 1.82) is 0 Å². The molecule has 4 fully saturated rings. The highest BCUT2D eigenvalue weighted by Crippen LogP contribution is 2.57. The number of rotatable bonds is 15. The highest BCUT2D eigenvalue weighted by atomic mass is 32.2. The van der Waals surface area contributed by atoms with Crippen LogP contribution in [0.2, 0.25) is 0 Å². The summed E-state index contributed by atoms with van der Waals surface area (Å²) < 4.78 is 9.84. The third-order valence-corrected chi connectivity index (χ3v) is 18.1. The summed E-state index contributed by atoms with van der Waals surface area (Å²) in [7, 11) is 2.68. The molecule has 1 aliphatic heterocycles. The van der Waals surface area contributed by atoms with Crippen molar-refractivity contribution in [2.75, 3.05) is 38.2 Å². The molecule has 2 aromatic heterocycles. The van der Waals surface area contributed by atoms with E-state index in [0.717, 1.165) is 121 Å². The van der Waals surface area contributed by atoms with Gasteiger partial charge < -0.3 is 35.0 Å². The molecule has 3 amide bonds. The van der Waals surface area contributed by atoms with Crippen LogP contribution in [0.5, 0.6) is 0 Å². The predicted molar refractivity (Wildman–Crippen MR) is 285 cm³/mol. The van der Waals surface area contributed by atoms with E-state index in [9.17, 15) is 19.2 Å². The highest BCUT2D eigenvalue weighted by molar-refractivity contribution is 7.98. The minimum Gasteiger partial charge on any atom is -0.453 e. The van der Waals surface area contributed by atoms with Gasteiger partial charge >= 0.3 is 12.2 Å². The summed E-state index contributed by atoms with van der Waals surface area (Å²) >= 11 is 3.33. The first-order chi connectivity index (χ1) is 35.1. The van der Waals surface area contributed by atoms with Crippen molar-refractivity contribution in [3.8, 4) is 22.3 Å². The summed E-state index contributed by atoms with van der Waals surface area (Å²) in [4.78, 5) is 73.1. The Morgan fingerprint density at radius 3 is 1.82 bits per heavy atom. The zero-order valence-electron chi connectivity index (χ0n) is 41.6. The lowest BCUT2D eigenvalue weighted by Gasteiger charge is -2.36. The van der Waals surface area contributed by atoms with Gasteiger partial charge in [-0.3, -0.25) is 9.59 Å². The number of fused-ring (bicyclic) bond motifs is 6. The molecule has 376 valence electrons. The number of carbonyl (C=O) groups excluding carboxylic acids is 4. The quantitative estimate of drug-likeness (QED) is 0.0776. The minimum atomic E-state index is -0.655. The van der Waals surface area contributed by atoms with Gasteiger partial charge in [-0.05, 0) is 188 Å².